The van der Waals surface area contributed by atoms with Crippen LogP contribution < -0.4 is 5.32 Å². The largest absolute Gasteiger partial charge is 0.309 e. The van der Waals surface area contributed by atoms with Crippen LogP contribution in [0, 0.1) is 25.5 Å². The second kappa shape index (κ2) is 5.09. The highest BCUT2D eigenvalue weighted by Gasteiger charge is 2.23. The highest BCUT2D eigenvalue weighted by Crippen LogP contribution is 2.29. The van der Waals surface area contributed by atoms with Gasteiger partial charge in [0.1, 0.15) is 11.6 Å². The number of hydrogen-bond acceptors (Lipinski definition) is 2. The molecule has 5 heteroatoms. The van der Waals surface area contributed by atoms with Gasteiger partial charge in [-0.2, -0.15) is 5.10 Å². The molecule has 0 aliphatic rings. The second-order valence-electron chi connectivity index (χ2n) is 4.60. The molecule has 1 heterocycles. The van der Waals surface area contributed by atoms with Gasteiger partial charge < -0.3 is 5.32 Å². The maximum atomic E-state index is 13.9. The van der Waals surface area contributed by atoms with Crippen molar-refractivity contribution in [2.75, 3.05) is 7.05 Å². The van der Waals surface area contributed by atoms with Crippen LogP contribution in [-0.4, -0.2) is 16.8 Å². The van der Waals surface area contributed by atoms with Gasteiger partial charge in [0.25, 0.3) is 0 Å². The summed E-state index contributed by atoms with van der Waals surface area (Å²) in [5.74, 6) is -1.13. The van der Waals surface area contributed by atoms with Gasteiger partial charge in [0.15, 0.2) is 0 Å². The van der Waals surface area contributed by atoms with E-state index in [1.54, 1.807) is 11.7 Å². The Kier molecular flexibility index (Phi) is 3.66. The van der Waals surface area contributed by atoms with Gasteiger partial charge >= 0.3 is 0 Å². The molecule has 19 heavy (non-hydrogen) atoms. The molecule has 1 N–H and O–H groups in total. The summed E-state index contributed by atoms with van der Waals surface area (Å²) in [4.78, 5) is 0. The maximum Gasteiger partial charge on any atom is 0.131 e. The minimum atomic E-state index is -0.573. The van der Waals surface area contributed by atoms with E-state index >= 15 is 0 Å². The van der Waals surface area contributed by atoms with E-state index in [1.807, 2.05) is 20.9 Å². The Labute approximate surface area is 111 Å². The molecule has 0 bridgehead atoms. The number of rotatable bonds is 3. The minimum absolute atomic E-state index is 0.339. The molecule has 1 atom stereocenters. The predicted molar refractivity (Wildman–Crippen MR) is 69.9 cm³/mol. The number of nitrogens with zero attached hydrogens (tertiary/aromatic N) is 2. The van der Waals surface area contributed by atoms with Gasteiger partial charge in [-0.25, -0.2) is 8.78 Å². The summed E-state index contributed by atoms with van der Waals surface area (Å²) in [5.41, 5.74) is 3.14. The topological polar surface area (TPSA) is 29.9 Å². The standard InChI is InChI=1S/C14H17F2N3/c1-8-13(9(2)19(4)18-8)14(17-3)11-6-5-10(15)7-12(11)16/h5-7,14,17H,1-4H3. The SMILES string of the molecule is CNC(c1ccc(F)cc1F)c1c(C)nn(C)c1C. The van der Waals surface area contributed by atoms with Crippen molar-refractivity contribution in [3.63, 3.8) is 0 Å². The van der Waals surface area contributed by atoms with Crippen LogP contribution in [0.1, 0.15) is 28.6 Å². The number of hydrogen-bond donors (Lipinski definition) is 1. The summed E-state index contributed by atoms with van der Waals surface area (Å²) in [6.45, 7) is 3.81. The van der Waals surface area contributed by atoms with Crippen molar-refractivity contribution >= 4 is 0 Å². The summed E-state index contributed by atoms with van der Waals surface area (Å²) in [5, 5.41) is 7.41. The lowest BCUT2D eigenvalue weighted by atomic mass is 9.96. The molecular formula is C14H17F2N3. The first kappa shape index (κ1) is 13.7. The van der Waals surface area contributed by atoms with Gasteiger partial charge in [-0.1, -0.05) is 6.07 Å². The Morgan fingerprint density at radius 2 is 1.95 bits per heavy atom. The fraction of sp³-hybridized carbons (Fsp3) is 0.357. The van der Waals surface area contributed by atoms with Crippen molar-refractivity contribution in [2.24, 2.45) is 7.05 Å². The molecule has 0 spiro atoms. The Morgan fingerprint density at radius 3 is 2.42 bits per heavy atom. The zero-order chi connectivity index (χ0) is 14.2. The van der Waals surface area contributed by atoms with Gasteiger partial charge in [-0.3, -0.25) is 4.68 Å². The van der Waals surface area contributed by atoms with Gasteiger partial charge in [-0.05, 0) is 27.0 Å². The Bertz CT molecular complexity index is 605. The molecule has 0 saturated carbocycles. The number of aromatic nitrogens is 2. The van der Waals surface area contributed by atoms with E-state index in [0.717, 1.165) is 23.0 Å². The van der Waals surface area contributed by atoms with Crippen LogP contribution in [0.2, 0.25) is 0 Å². The Morgan fingerprint density at radius 1 is 1.26 bits per heavy atom. The summed E-state index contributed by atoms with van der Waals surface area (Å²) >= 11 is 0. The predicted octanol–water partition coefficient (Wildman–Crippen LogP) is 2.62. The average Bonchev–Trinajstić information content (AvgIpc) is 2.59. The van der Waals surface area contributed by atoms with Crippen molar-refractivity contribution in [1.29, 1.82) is 0 Å². The van der Waals surface area contributed by atoms with Crippen molar-refractivity contribution in [1.82, 2.24) is 15.1 Å². The summed E-state index contributed by atoms with van der Waals surface area (Å²) in [7, 11) is 3.60. The highest BCUT2D eigenvalue weighted by atomic mass is 19.1. The zero-order valence-electron chi connectivity index (χ0n) is 11.5. The van der Waals surface area contributed by atoms with Gasteiger partial charge in [0.2, 0.25) is 0 Å². The first-order valence-electron chi connectivity index (χ1n) is 6.08. The summed E-state index contributed by atoms with van der Waals surface area (Å²) < 4.78 is 28.7. The lowest BCUT2D eigenvalue weighted by molar-refractivity contribution is 0.550. The minimum Gasteiger partial charge on any atom is -0.309 e. The molecule has 0 aliphatic heterocycles. The fourth-order valence-corrected chi connectivity index (χ4v) is 2.40. The molecule has 0 saturated heterocycles. The molecule has 1 aromatic carbocycles. The summed E-state index contributed by atoms with van der Waals surface area (Å²) in [6, 6.07) is 3.30. The molecule has 2 rings (SSSR count). The molecule has 3 nitrogen and oxygen atoms in total. The van der Waals surface area contributed by atoms with Crippen LogP contribution in [-0.2, 0) is 7.05 Å². The third-order valence-electron chi connectivity index (χ3n) is 3.42. The van der Waals surface area contributed by atoms with E-state index in [-0.39, 0.29) is 6.04 Å². The second-order valence-corrected chi connectivity index (χ2v) is 4.60. The van der Waals surface area contributed by atoms with Crippen molar-refractivity contribution < 1.29 is 8.78 Å². The number of benzene rings is 1. The maximum absolute atomic E-state index is 13.9. The van der Waals surface area contributed by atoms with Crippen molar-refractivity contribution in [3.05, 3.63) is 52.3 Å². The summed E-state index contributed by atoms with van der Waals surface area (Å²) in [6.07, 6.45) is 0. The quantitative estimate of drug-likeness (QED) is 0.924. The van der Waals surface area contributed by atoms with E-state index in [4.69, 9.17) is 0 Å². The van der Waals surface area contributed by atoms with Gasteiger partial charge in [0, 0.05) is 29.9 Å². The van der Waals surface area contributed by atoms with E-state index in [0.29, 0.717) is 5.56 Å². The monoisotopic (exact) mass is 265 g/mol. The van der Waals surface area contributed by atoms with Crippen molar-refractivity contribution in [3.8, 4) is 0 Å². The van der Waals surface area contributed by atoms with Crippen LogP contribution >= 0.6 is 0 Å². The van der Waals surface area contributed by atoms with E-state index < -0.39 is 11.6 Å². The van der Waals surface area contributed by atoms with Gasteiger partial charge in [-0.15, -0.1) is 0 Å². The normalized spacial score (nSPS) is 12.7. The Balaban J connectivity index is 2.56. The molecule has 102 valence electrons. The smallest absolute Gasteiger partial charge is 0.131 e. The van der Waals surface area contributed by atoms with E-state index in [9.17, 15) is 8.78 Å². The number of nitrogens with one attached hydrogen (secondary N) is 1. The molecule has 0 fully saturated rings. The third-order valence-corrected chi connectivity index (χ3v) is 3.42. The highest BCUT2D eigenvalue weighted by molar-refractivity contribution is 5.37. The van der Waals surface area contributed by atoms with E-state index in [1.165, 1.54) is 12.1 Å². The van der Waals surface area contributed by atoms with Gasteiger partial charge in [0.05, 0.1) is 11.7 Å². The lowest BCUT2D eigenvalue weighted by Gasteiger charge is -2.18. The van der Waals surface area contributed by atoms with Crippen LogP contribution in [0.15, 0.2) is 18.2 Å². The molecule has 0 radical (unpaired) electrons. The first-order chi connectivity index (χ1) is 8.95. The number of aryl methyl sites for hydroxylation is 2. The van der Waals surface area contributed by atoms with Crippen LogP contribution in [0.4, 0.5) is 8.78 Å². The third kappa shape index (κ3) is 2.38. The molecule has 0 amide bonds. The first-order valence-corrected chi connectivity index (χ1v) is 6.08. The fourth-order valence-electron chi connectivity index (χ4n) is 2.40. The zero-order valence-corrected chi connectivity index (χ0v) is 11.5. The molecule has 1 aromatic heterocycles. The van der Waals surface area contributed by atoms with Crippen LogP contribution in [0.5, 0.6) is 0 Å². The Hall–Kier alpha value is -1.75. The molecule has 1 unspecified atom stereocenters. The number of halogens is 2. The van der Waals surface area contributed by atoms with Crippen LogP contribution in [0.25, 0.3) is 0 Å². The van der Waals surface area contributed by atoms with E-state index in [2.05, 4.69) is 10.4 Å². The molecular weight excluding hydrogens is 248 g/mol. The molecule has 0 aliphatic carbocycles. The lowest BCUT2D eigenvalue weighted by Crippen LogP contribution is -2.20. The average molecular weight is 265 g/mol. The molecule has 2 aromatic rings. The van der Waals surface area contributed by atoms with Crippen molar-refractivity contribution in [2.45, 2.75) is 19.9 Å². The van der Waals surface area contributed by atoms with Crippen LogP contribution in [0.3, 0.4) is 0 Å².